The van der Waals surface area contributed by atoms with Crippen molar-refractivity contribution in [2.24, 2.45) is 0 Å². The molecule has 1 aromatic heterocycles. The second kappa shape index (κ2) is 10.2. The minimum atomic E-state index is -0.517. The number of aromatic nitrogens is 1. The van der Waals surface area contributed by atoms with Gasteiger partial charge in [0.15, 0.2) is 11.7 Å². The lowest BCUT2D eigenvalue weighted by molar-refractivity contribution is -0.141. The van der Waals surface area contributed by atoms with Crippen molar-refractivity contribution in [3.05, 3.63) is 76.5 Å². The molecule has 3 rings (SSSR count). The molecule has 1 unspecified atom stereocenters. The number of methoxy groups -OCH3 is 1. The number of oxazole rings is 1. The molecule has 1 heterocycles. The van der Waals surface area contributed by atoms with Gasteiger partial charge in [-0.1, -0.05) is 40.2 Å². The van der Waals surface area contributed by atoms with E-state index in [0.717, 1.165) is 10.0 Å². The number of nitrogens with zero attached hydrogens (tertiary/aromatic N) is 1. The summed E-state index contributed by atoms with van der Waals surface area (Å²) in [5, 5.41) is 2.85. The highest BCUT2D eigenvalue weighted by molar-refractivity contribution is 9.10. The van der Waals surface area contributed by atoms with Crippen LogP contribution >= 0.6 is 15.9 Å². The van der Waals surface area contributed by atoms with Crippen LogP contribution in [-0.4, -0.2) is 24.0 Å². The summed E-state index contributed by atoms with van der Waals surface area (Å²) in [5.41, 5.74) is 1.10. The molecule has 1 N–H and O–H groups in total. The van der Waals surface area contributed by atoms with E-state index in [9.17, 15) is 14.0 Å². The number of amides is 1. The van der Waals surface area contributed by atoms with Crippen LogP contribution in [-0.2, 0) is 20.7 Å². The van der Waals surface area contributed by atoms with E-state index < -0.39 is 17.8 Å². The normalized spacial score (nSPS) is 11.7. The molecule has 0 aliphatic rings. The first kappa shape index (κ1) is 21.7. The fourth-order valence-corrected chi connectivity index (χ4v) is 3.16. The largest absolute Gasteiger partial charge is 0.469 e. The zero-order chi connectivity index (χ0) is 21.5. The number of aryl methyl sites for hydroxylation is 1. The Morgan fingerprint density at radius 1 is 1.20 bits per heavy atom. The Morgan fingerprint density at radius 2 is 1.93 bits per heavy atom. The van der Waals surface area contributed by atoms with Crippen molar-refractivity contribution < 1.29 is 23.1 Å². The molecule has 0 aliphatic carbocycles. The average Bonchev–Trinajstić information content (AvgIpc) is 3.21. The fraction of sp³-hybridized carbons (Fsp3) is 0.227. The van der Waals surface area contributed by atoms with E-state index in [1.165, 1.54) is 19.4 Å². The summed E-state index contributed by atoms with van der Waals surface area (Å²) in [4.78, 5) is 28.3. The minimum absolute atomic E-state index is 0.0142. The van der Waals surface area contributed by atoms with Crippen LogP contribution in [0.15, 0.2) is 63.6 Å². The van der Waals surface area contributed by atoms with Crippen LogP contribution in [0, 0.1) is 5.82 Å². The average molecular weight is 475 g/mol. The Kier molecular flexibility index (Phi) is 7.35. The Hall–Kier alpha value is -3.00. The Balaban J connectivity index is 1.62. The molecule has 0 bridgehead atoms. The SMILES string of the molecule is COC(=O)CC(NC(=O)CCc1ncc(-c2ccccc2F)o1)c1ccc(Br)cc1. The number of benzene rings is 2. The molecule has 0 aliphatic heterocycles. The predicted molar refractivity (Wildman–Crippen MR) is 112 cm³/mol. The predicted octanol–water partition coefficient (Wildman–Crippen LogP) is 4.60. The Morgan fingerprint density at radius 3 is 2.63 bits per heavy atom. The molecule has 0 fully saturated rings. The first-order valence-corrected chi connectivity index (χ1v) is 10.1. The van der Waals surface area contributed by atoms with Gasteiger partial charge in [-0.15, -0.1) is 0 Å². The number of carbonyl (C=O) groups is 2. The summed E-state index contributed by atoms with van der Waals surface area (Å²) in [6.45, 7) is 0. The van der Waals surface area contributed by atoms with E-state index in [1.807, 2.05) is 24.3 Å². The maximum Gasteiger partial charge on any atom is 0.307 e. The number of hydrogen-bond acceptors (Lipinski definition) is 5. The zero-order valence-corrected chi connectivity index (χ0v) is 17.8. The summed E-state index contributed by atoms with van der Waals surface area (Å²) in [7, 11) is 1.30. The maximum absolute atomic E-state index is 13.9. The molecule has 6 nitrogen and oxygen atoms in total. The first-order valence-electron chi connectivity index (χ1n) is 9.27. The van der Waals surface area contributed by atoms with Gasteiger partial charge in [0.2, 0.25) is 5.91 Å². The van der Waals surface area contributed by atoms with Crippen molar-refractivity contribution in [3.63, 3.8) is 0 Å². The van der Waals surface area contributed by atoms with E-state index in [1.54, 1.807) is 18.2 Å². The molecular weight excluding hydrogens is 455 g/mol. The molecule has 8 heteroatoms. The standard InChI is InChI=1S/C22H20BrFN2O4/c1-29-22(28)12-18(14-6-8-15(23)9-7-14)26-20(27)10-11-21-25-13-19(30-21)16-4-2-3-5-17(16)24/h2-9,13,18H,10-12H2,1H3,(H,26,27). The molecule has 0 radical (unpaired) electrons. The van der Waals surface area contributed by atoms with Gasteiger partial charge in [0.25, 0.3) is 0 Å². The highest BCUT2D eigenvalue weighted by atomic mass is 79.9. The van der Waals surface area contributed by atoms with Crippen molar-refractivity contribution in [3.8, 4) is 11.3 Å². The highest BCUT2D eigenvalue weighted by Crippen LogP contribution is 2.24. The molecular formula is C22H20BrFN2O4. The maximum atomic E-state index is 13.9. The summed E-state index contributed by atoms with van der Waals surface area (Å²) < 4.78 is 25.1. The second-order valence-electron chi connectivity index (χ2n) is 6.55. The van der Waals surface area contributed by atoms with Gasteiger partial charge < -0.3 is 14.5 Å². The second-order valence-corrected chi connectivity index (χ2v) is 7.47. The van der Waals surface area contributed by atoms with E-state index in [4.69, 9.17) is 9.15 Å². The highest BCUT2D eigenvalue weighted by Gasteiger charge is 2.19. The van der Waals surface area contributed by atoms with Gasteiger partial charge in [-0.05, 0) is 29.8 Å². The molecule has 30 heavy (non-hydrogen) atoms. The molecule has 1 amide bonds. The summed E-state index contributed by atoms with van der Waals surface area (Å²) in [6.07, 6.45) is 1.80. The van der Waals surface area contributed by atoms with Gasteiger partial charge in [-0.2, -0.15) is 0 Å². The number of ether oxygens (including phenoxy) is 1. The van der Waals surface area contributed by atoms with Gasteiger partial charge in [-0.25, -0.2) is 9.37 Å². The van der Waals surface area contributed by atoms with Gasteiger partial charge in [-0.3, -0.25) is 9.59 Å². The molecule has 3 aromatic rings. The van der Waals surface area contributed by atoms with Crippen molar-refractivity contribution in [2.75, 3.05) is 7.11 Å². The smallest absolute Gasteiger partial charge is 0.307 e. The first-order chi connectivity index (χ1) is 14.5. The van der Waals surface area contributed by atoms with Crippen molar-refractivity contribution in [1.29, 1.82) is 0 Å². The molecule has 0 spiro atoms. The molecule has 156 valence electrons. The van der Waals surface area contributed by atoms with Crippen LogP contribution in [0.2, 0.25) is 0 Å². The number of nitrogens with one attached hydrogen (secondary N) is 1. The summed E-state index contributed by atoms with van der Waals surface area (Å²) >= 11 is 3.36. The minimum Gasteiger partial charge on any atom is -0.469 e. The van der Waals surface area contributed by atoms with Crippen molar-refractivity contribution in [2.45, 2.75) is 25.3 Å². The zero-order valence-electron chi connectivity index (χ0n) is 16.2. The lowest BCUT2D eigenvalue weighted by Gasteiger charge is -2.18. The van der Waals surface area contributed by atoms with E-state index >= 15 is 0 Å². The fourth-order valence-electron chi connectivity index (χ4n) is 2.90. The van der Waals surface area contributed by atoms with E-state index in [0.29, 0.717) is 17.2 Å². The van der Waals surface area contributed by atoms with Crippen LogP contribution in [0.3, 0.4) is 0 Å². The number of rotatable bonds is 8. The lowest BCUT2D eigenvalue weighted by atomic mass is 10.0. The number of esters is 1. The Labute approximate surface area is 181 Å². The third-order valence-electron chi connectivity index (χ3n) is 4.46. The molecule has 0 saturated carbocycles. The molecule has 2 aromatic carbocycles. The topological polar surface area (TPSA) is 81.4 Å². The number of hydrogen-bond donors (Lipinski definition) is 1. The van der Waals surface area contributed by atoms with E-state index in [-0.39, 0.29) is 25.2 Å². The summed E-state index contributed by atoms with van der Waals surface area (Å²) in [5.74, 6) is -0.459. The number of halogens is 2. The van der Waals surface area contributed by atoms with Crippen LogP contribution in [0.1, 0.15) is 30.3 Å². The van der Waals surface area contributed by atoms with Crippen LogP contribution < -0.4 is 5.32 Å². The van der Waals surface area contributed by atoms with Gasteiger partial charge >= 0.3 is 5.97 Å². The van der Waals surface area contributed by atoms with Gasteiger partial charge in [0.1, 0.15) is 5.82 Å². The molecule has 0 saturated heterocycles. The van der Waals surface area contributed by atoms with Crippen LogP contribution in [0.4, 0.5) is 4.39 Å². The number of carbonyl (C=O) groups excluding carboxylic acids is 2. The Bertz CT molecular complexity index is 1020. The van der Waals surface area contributed by atoms with Crippen LogP contribution in [0.5, 0.6) is 0 Å². The lowest BCUT2D eigenvalue weighted by Crippen LogP contribution is -2.30. The summed E-state index contributed by atoms with van der Waals surface area (Å²) in [6, 6.07) is 13.0. The van der Waals surface area contributed by atoms with Crippen LogP contribution in [0.25, 0.3) is 11.3 Å². The monoisotopic (exact) mass is 474 g/mol. The van der Waals surface area contributed by atoms with Gasteiger partial charge in [0.05, 0.1) is 31.3 Å². The quantitative estimate of drug-likeness (QED) is 0.482. The van der Waals surface area contributed by atoms with Crippen molar-refractivity contribution >= 4 is 27.8 Å². The third-order valence-corrected chi connectivity index (χ3v) is 4.99. The van der Waals surface area contributed by atoms with Gasteiger partial charge in [0, 0.05) is 17.3 Å². The van der Waals surface area contributed by atoms with Crippen molar-refractivity contribution in [1.82, 2.24) is 10.3 Å². The van der Waals surface area contributed by atoms with E-state index in [2.05, 4.69) is 26.2 Å². The molecule has 1 atom stereocenters. The third kappa shape index (κ3) is 5.76.